The van der Waals surface area contributed by atoms with E-state index in [-0.39, 0.29) is 0 Å². The first-order valence-electron chi connectivity index (χ1n) is 7.20. The number of likely N-dealkylation sites (tertiary alicyclic amines) is 1. The van der Waals surface area contributed by atoms with Gasteiger partial charge in [-0.3, -0.25) is 4.98 Å². The number of hydrogen-bond acceptors (Lipinski definition) is 4. The Balaban J connectivity index is 1.70. The smallest absolute Gasteiger partial charge is 0.408 e. The Labute approximate surface area is 118 Å². The number of aromatic nitrogens is 1. The number of nitrogens with zero attached hydrogens (tertiary/aromatic N) is 1. The third-order valence-electron chi connectivity index (χ3n) is 4.28. The van der Waals surface area contributed by atoms with Crippen molar-refractivity contribution in [2.45, 2.75) is 25.8 Å². The molecule has 0 aliphatic carbocycles. The summed E-state index contributed by atoms with van der Waals surface area (Å²) in [5, 5.41) is 3.55. The van der Waals surface area contributed by atoms with E-state index in [0.717, 1.165) is 11.2 Å². The number of hydrogen-bond donors (Lipinski definition) is 2. The maximum atomic E-state index is 11.2. The number of nitrogens with one attached hydrogen (secondary N) is 2. The highest BCUT2D eigenvalue weighted by Crippen LogP contribution is 2.24. The highest BCUT2D eigenvalue weighted by Gasteiger charge is 2.22. The molecule has 1 saturated heterocycles. The van der Waals surface area contributed by atoms with Gasteiger partial charge in [-0.2, -0.15) is 0 Å². The fraction of sp³-hybridized carbons (Fsp3) is 0.533. The largest absolute Gasteiger partial charge is 0.417 e. The van der Waals surface area contributed by atoms with E-state index < -0.39 is 5.76 Å². The summed E-state index contributed by atoms with van der Waals surface area (Å²) in [7, 11) is 2.18. The summed E-state index contributed by atoms with van der Waals surface area (Å²) >= 11 is 0. The first-order chi connectivity index (χ1) is 9.61. The Bertz CT molecular complexity index is 638. The molecule has 1 aromatic heterocycles. The van der Waals surface area contributed by atoms with Gasteiger partial charge >= 0.3 is 5.76 Å². The second-order valence-electron chi connectivity index (χ2n) is 5.80. The molecule has 0 saturated carbocycles. The third kappa shape index (κ3) is 2.72. The summed E-state index contributed by atoms with van der Waals surface area (Å²) in [5.41, 5.74) is 2.38. The molecule has 0 amide bonds. The van der Waals surface area contributed by atoms with Crippen LogP contribution in [0, 0.1) is 5.92 Å². The van der Waals surface area contributed by atoms with Crippen LogP contribution in [0.3, 0.4) is 0 Å². The molecule has 108 valence electrons. The summed E-state index contributed by atoms with van der Waals surface area (Å²) in [5.74, 6) is 0.297. The van der Waals surface area contributed by atoms with Gasteiger partial charge in [0.05, 0.1) is 5.52 Å². The second kappa shape index (κ2) is 5.32. The van der Waals surface area contributed by atoms with Crippen molar-refractivity contribution in [3.8, 4) is 0 Å². The third-order valence-corrected chi connectivity index (χ3v) is 4.28. The van der Waals surface area contributed by atoms with Gasteiger partial charge < -0.3 is 14.6 Å². The molecule has 5 nitrogen and oxygen atoms in total. The number of fused-ring (bicyclic) bond motifs is 1. The van der Waals surface area contributed by atoms with Crippen LogP contribution in [0.25, 0.3) is 11.1 Å². The zero-order valence-corrected chi connectivity index (χ0v) is 12.0. The average molecular weight is 275 g/mol. The fourth-order valence-electron chi connectivity index (χ4n) is 2.95. The minimum Gasteiger partial charge on any atom is -0.408 e. The first-order valence-corrected chi connectivity index (χ1v) is 7.20. The molecule has 1 unspecified atom stereocenters. The fourth-order valence-corrected chi connectivity index (χ4v) is 2.95. The van der Waals surface area contributed by atoms with Crippen LogP contribution in [0.4, 0.5) is 5.69 Å². The van der Waals surface area contributed by atoms with Crippen LogP contribution in [0.1, 0.15) is 19.8 Å². The molecule has 2 heterocycles. The quantitative estimate of drug-likeness (QED) is 0.902. The van der Waals surface area contributed by atoms with E-state index >= 15 is 0 Å². The second-order valence-corrected chi connectivity index (χ2v) is 5.80. The summed E-state index contributed by atoms with van der Waals surface area (Å²) in [6, 6.07) is 6.16. The van der Waals surface area contributed by atoms with E-state index in [1.807, 2.05) is 18.2 Å². The minimum absolute atomic E-state index is 0.402. The number of piperidine rings is 1. The van der Waals surface area contributed by atoms with Crippen molar-refractivity contribution >= 4 is 16.8 Å². The molecular weight excluding hydrogens is 254 g/mol. The molecule has 5 heteroatoms. The molecular formula is C15H21N3O2. The van der Waals surface area contributed by atoms with E-state index in [9.17, 15) is 4.79 Å². The van der Waals surface area contributed by atoms with Crippen LogP contribution < -0.4 is 11.1 Å². The average Bonchev–Trinajstić information content (AvgIpc) is 2.78. The topological polar surface area (TPSA) is 61.3 Å². The Morgan fingerprint density at radius 3 is 2.90 bits per heavy atom. The summed E-state index contributed by atoms with van der Waals surface area (Å²) in [6.07, 6.45) is 2.46. The van der Waals surface area contributed by atoms with Crippen molar-refractivity contribution in [1.29, 1.82) is 0 Å². The van der Waals surface area contributed by atoms with Crippen molar-refractivity contribution in [2.75, 3.05) is 25.5 Å². The summed E-state index contributed by atoms with van der Waals surface area (Å²) < 4.78 is 5.01. The molecule has 2 N–H and O–H groups in total. The molecule has 20 heavy (non-hydrogen) atoms. The number of benzene rings is 1. The maximum Gasteiger partial charge on any atom is 0.417 e. The first kappa shape index (κ1) is 13.2. The molecule has 3 rings (SSSR count). The number of H-pyrrole nitrogens is 1. The highest BCUT2D eigenvalue weighted by atomic mass is 16.4. The van der Waals surface area contributed by atoms with Crippen molar-refractivity contribution in [1.82, 2.24) is 9.88 Å². The van der Waals surface area contributed by atoms with E-state index in [0.29, 0.717) is 17.5 Å². The normalized spacial score (nSPS) is 19.3. The zero-order valence-electron chi connectivity index (χ0n) is 12.0. The van der Waals surface area contributed by atoms with Crippen LogP contribution in [0.5, 0.6) is 0 Å². The van der Waals surface area contributed by atoms with Crippen molar-refractivity contribution < 1.29 is 4.42 Å². The van der Waals surface area contributed by atoms with Crippen LogP contribution in [-0.2, 0) is 0 Å². The van der Waals surface area contributed by atoms with Crippen molar-refractivity contribution in [2.24, 2.45) is 5.92 Å². The van der Waals surface area contributed by atoms with Gasteiger partial charge in [0.1, 0.15) is 0 Å². The highest BCUT2D eigenvalue weighted by molar-refractivity contribution is 5.76. The van der Waals surface area contributed by atoms with Crippen molar-refractivity contribution in [3.63, 3.8) is 0 Å². The molecule has 1 aliphatic heterocycles. The van der Waals surface area contributed by atoms with Gasteiger partial charge in [0, 0.05) is 11.7 Å². The predicted molar refractivity (Wildman–Crippen MR) is 80.1 cm³/mol. The van der Waals surface area contributed by atoms with Gasteiger partial charge in [0.15, 0.2) is 5.58 Å². The molecule has 1 atom stereocenters. The monoisotopic (exact) mass is 275 g/mol. The van der Waals surface area contributed by atoms with Gasteiger partial charge in [-0.15, -0.1) is 0 Å². The Morgan fingerprint density at radius 1 is 1.40 bits per heavy atom. The Kier molecular flexibility index (Phi) is 3.53. The Hall–Kier alpha value is -1.75. The Morgan fingerprint density at radius 2 is 2.15 bits per heavy atom. The molecule has 1 aliphatic rings. The number of oxazole rings is 1. The van der Waals surface area contributed by atoms with E-state index in [4.69, 9.17) is 4.42 Å². The van der Waals surface area contributed by atoms with Gasteiger partial charge in [0.2, 0.25) is 0 Å². The standard InChI is InChI=1S/C15H21N3O2/c1-10(11-5-7-18(2)8-6-11)16-12-3-4-14-13(9-12)17-15(19)20-14/h3-4,9-11,16H,5-8H2,1-2H3,(H,17,19). The molecule has 1 fully saturated rings. The lowest BCUT2D eigenvalue weighted by atomic mass is 9.90. The lowest BCUT2D eigenvalue weighted by Gasteiger charge is -2.33. The minimum atomic E-state index is -0.402. The molecule has 1 aromatic carbocycles. The van der Waals surface area contributed by atoms with E-state index in [1.165, 1.54) is 25.9 Å². The van der Waals surface area contributed by atoms with Crippen LogP contribution in [0.2, 0.25) is 0 Å². The summed E-state index contributed by atoms with van der Waals surface area (Å²) in [6.45, 7) is 4.58. The SMILES string of the molecule is CC(Nc1ccc2oc(=O)[nH]c2c1)C1CCN(C)CC1. The van der Waals surface area contributed by atoms with Crippen LogP contribution >= 0.6 is 0 Å². The lowest BCUT2D eigenvalue weighted by Crippen LogP contribution is -2.37. The zero-order chi connectivity index (χ0) is 14.1. The van der Waals surface area contributed by atoms with Gasteiger partial charge in [-0.05, 0) is 64.0 Å². The molecule has 0 radical (unpaired) electrons. The van der Waals surface area contributed by atoms with E-state index in [2.05, 4.69) is 29.2 Å². The van der Waals surface area contributed by atoms with Gasteiger partial charge in [-0.25, -0.2) is 4.79 Å². The lowest BCUT2D eigenvalue weighted by molar-refractivity contribution is 0.208. The van der Waals surface area contributed by atoms with Crippen molar-refractivity contribution in [3.05, 3.63) is 28.7 Å². The molecule has 0 spiro atoms. The predicted octanol–water partition coefficient (Wildman–Crippen LogP) is 2.26. The molecule has 2 aromatic rings. The van der Waals surface area contributed by atoms with Gasteiger partial charge in [0.25, 0.3) is 0 Å². The van der Waals surface area contributed by atoms with Crippen LogP contribution in [0.15, 0.2) is 27.4 Å². The van der Waals surface area contributed by atoms with E-state index in [1.54, 1.807) is 0 Å². The van der Waals surface area contributed by atoms with Gasteiger partial charge in [-0.1, -0.05) is 0 Å². The number of rotatable bonds is 3. The molecule has 0 bridgehead atoms. The summed E-state index contributed by atoms with van der Waals surface area (Å²) in [4.78, 5) is 16.2. The number of aromatic amines is 1. The van der Waals surface area contributed by atoms with Crippen LogP contribution in [-0.4, -0.2) is 36.1 Å². The number of anilines is 1. The maximum absolute atomic E-state index is 11.2.